The van der Waals surface area contributed by atoms with E-state index in [-0.39, 0.29) is 0 Å². The Labute approximate surface area is 97.5 Å². The maximum atomic E-state index is 12.4. The molecule has 0 amide bonds. The van der Waals surface area contributed by atoms with Gasteiger partial charge in [-0.25, -0.2) is 0 Å². The standard InChI is InChI=1S/C12H15F3S/c1-8-2-4-9(5-3-8)10-6-7-11(16-10)12(13,14)15/h6-9H,2-5H2,1H3. The number of alkyl halides is 3. The summed E-state index contributed by atoms with van der Waals surface area (Å²) in [5.41, 5.74) is 0. The second kappa shape index (κ2) is 4.40. The summed E-state index contributed by atoms with van der Waals surface area (Å²) in [6.07, 6.45) is 0.191. The minimum atomic E-state index is -4.18. The molecule has 0 aromatic carbocycles. The summed E-state index contributed by atoms with van der Waals surface area (Å²) in [5.74, 6) is 1.09. The summed E-state index contributed by atoms with van der Waals surface area (Å²) in [4.78, 5) is 0.459. The SMILES string of the molecule is CC1CCC(c2ccc(C(F)(F)F)s2)CC1. The fourth-order valence-corrected chi connectivity index (χ4v) is 3.31. The van der Waals surface area contributed by atoms with Crippen molar-refractivity contribution in [3.8, 4) is 0 Å². The molecule has 4 heteroatoms. The Balaban J connectivity index is 2.08. The first-order valence-corrected chi connectivity index (χ1v) is 6.45. The van der Waals surface area contributed by atoms with Crippen molar-refractivity contribution in [2.45, 2.75) is 44.7 Å². The Morgan fingerprint density at radius 1 is 1.12 bits per heavy atom. The lowest BCUT2D eigenvalue weighted by molar-refractivity contribution is -0.134. The zero-order valence-electron chi connectivity index (χ0n) is 9.18. The largest absolute Gasteiger partial charge is 0.425 e. The van der Waals surface area contributed by atoms with Gasteiger partial charge in [0, 0.05) is 4.88 Å². The number of thiophene rings is 1. The molecule has 0 nitrogen and oxygen atoms in total. The highest BCUT2D eigenvalue weighted by atomic mass is 32.1. The van der Waals surface area contributed by atoms with Crippen LogP contribution in [0.5, 0.6) is 0 Å². The fraction of sp³-hybridized carbons (Fsp3) is 0.667. The van der Waals surface area contributed by atoms with Crippen LogP contribution in [0.25, 0.3) is 0 Å². The van der Waals surface area contributed by atoms with Crippen molar-refractivity contribution in [3.63, 3.8) is 0 Å². The van der Waals surface area contributed by atoms with Crippen LogP contribution in [-0.2, 0) is 6.18 Å². The number of hydrogen-bond acceptors (Lipinski definition) is 1. The third-order valence-corrected chi connectivity index (χ3v) is 4.62. The molecule has 0 N–H and O–H groups in total. The molecule has 1 saturated carbocycles. The molecule has 0 saturated heterocycles. The van der Waals surface area contributed by atoms with E-state index in [4.69, 9.17) is 0 Å². The third kappa shape index (κ3) is 2.59. The van der Waals surface area contributed by atoms with Gasteiger partial charge in [0.2, 0.25) is 0 Å². The minimum Gasteiger partial charge on any atom is -0.165 e. The lowest BCUT2D eigenvalue weighted by Crippen LogP contribution is -2.09. The first kappa shape index (κ1) is 12.0. The maximum absolute atomic E-state index is 12.4. The lowest BCUT2D eigenvalue weighted by atomic mass is 9.82. The first-order valence-electron chi connectivity index (χ1n) is 5.63. The van der Waals surface area contributed by atoms with E-state index < -0.39 is 11.1 Å². The van der Waals surface area contributed by atoms with Crippen molar-refractivity contribution in [3.05, 3.63) is 21.9 Å². The second-order valence-corrected chi connectivity index (χ2v) is 5.77. The minimum absolute atomic E-state index is 0.359. The van der Waals surface area contributed by atoms with Crippen molar-refractivity contribution in [2.75, 3.05) is 0 Å². The number of rotatable bonds is 1. The Morgan fingerprint density at radius 3 is 2.25 bits per heavy atom. The van der Waals surface area contributed by atoms with Crippen molar-refractivity contribution in [1.82, 2.24) is 0 Å². The molecule has 1 aliphatic rings. The summed E-state index contributed by atoms with van der Waals surface area (Å²) >= 11 is 0.923. The van der Waals surface area contributed by atoms with Crippen LogP contribution in [0.3, 0.4) is 0 Å². The van der Waals surface area contributed by atoms with Gasteiger partial charge in [-0.05, 0) is 36.8 Å². The fourth-order valence-electron chi connectivity index (χ4n) is 2.27. The second-order valence-electron chi connectivity index (χ2n) is 4.66. The van der Waals surface area contributed by atoms with Crippen LogP contribution in [0.2, 0.25) is 0 Å². The Bertz CT molecular complexity index is 345. The van der Waals surface area contributed by atoms with E-state index in [9.17, 15) is 13.2 Å². The molecule has 0 atom stereocenters. The maximum Gasteiger partial charge on any atom is 0.425 e. The molecule has 1 fully saturated rings. The van der Waals surface area contributed by atoms with E-state index in [2.05, 4.69) is 6.92 Å². The Hall–Kier alpha value is -0.510. The molecule has 1 aromatic rings. The van der Waals surface area contributed by atoms with E-state index in [1.54, 1.807) is 6.07 Å². The highest BCUT2D eigenvalue weighted by molar-refractivity contribution is 7.12. The van der Waals surface area contributed by atoms with Gasteiger partial charge >= 0.3 is 6.18 Å². The zero-order valence-corrected chi connectivity index (χ0v) is 10.00. The van der Waals surface area contributed by atoms with Gasteiger partial charge in [0.05, 0.1) is 0 Å². The van der Waals surface area contributed by atoms with Gasteiger partial charge in [0.25, 0.3) is 0 Å². The number of hydrogen-bond donors (Lipinski definition) is 0. The Morgan fingerprint density at radius 2 is 1.75 bits per heavy atom. The van der Waals surface area contributed by atoms with Crippen LogP contribution >= 0.6 is 11.3 Å². The van der Waals surface area contributed by atoms with Crippen molar-refractivity contribution < 1.29 is 13.2 Å². The summed E-state index contributed by atoms with van der Waals surface area (Å²) in [7, 11) is 0. The van der Waals surface area contributed by atoms with Gasteiger partial charge in [0.15, 0.2) is 0 Å². The van der Waals surface area contributed by atoms with E-state index in [0.29, 0.717) is 5.92 Å². The van der Waals surface area contributed by atoms with E-state index in [0.717, 1.165) is 47.8 Å². The highest BCUT2D eigenvalue weighted by Gasteiger charge is 2.33. The summed E-state index contributed by atoms with van der Waals surface area (Å²) < 4.78 is 37.3. The first-order chi connectivity index (χ1) is 7.47. The molecule has 0 bridgehead atoms. The molecule has 1 aliphatic carbocycles. The molecule has 0 unspecified atom stereocenters. The topological polar surface area (TPSA) is 0 Å². The van der Waals surface area contributed by atoms with Gasteiger partial charge in [-0.15, -0.1) is 11.3 Å². The molecule has 0 spiro atoms. The van der Waals surface area contributed by atoms with E-state index >= 15 is 0 Å². The van der Waals surface area contributed by atoms with Gasteiger partial charge in [-0.1, -0.05) is 19.8 Å². The predicted molar refractivity (Wildman–Crippen MR) is 59.7 cm³/mol. The van der Waals surface area contributed by atoms with E-state index in [1.165, 1.54) is 6.07 Å². The van der Waals surface area contributed by atoms with Gasteiger partial charge in [-0.2, -0.15) is 13.2 Å². The van der Waals surface area contributed by atoms with Crippen LogP contribution < -0.4 is 0 Å². The average molecular weight is 248 g/mol. The normalized spacial score (nSPS) is 27.0. The number of halogens is 3. The monoisotopic (exact) mass is 248 g/mol. The average Bonchev–Trinajstić information content (AvgIpc) is 2.67. The van der Waals surface area contributed by atoms with Crippen molar-refractivity contribution in [1.29, 1.82) is 0 Å². The molecular formula is C12H15F3S. The molecule has 1 heterocycles. The van der Waals surface area contributed by atoms with Gasteiger partial charge < -0.3 is 0 Å². The molecular weight excluding hydrogens is 233 g/mol. The Kier molecular flexibility index (Phi) is 3.29. The van der Waals surface area contributed by atoms with Crippen molar-refractivity contribution in [2.24, 2.45) is 5.92 Å². The molecule has 16 heavy (non-hydrogen) atoms. The van der Waals surface area contributed by atoms with E-state index in [1.807, 2.05) is 0 Å². The lowest BCUT2D eigenvalue weighted by Gasteiger charge is -2.25. The third-order valence-electron chi connectivity index (χ3n) is 3.32. The van der Waals surface area contributed by atoms with Crippen LogP contribution in [0.1, 0.15) is 48.3 Å². The van der Waals surface area contributed by atoms with Crippen LogP contribution in [0.4, 0.5) is 13.2 Å². The predicted octanol–water partition coefficient (Wildman–Crippen LogP) is 5.06. The van der Waals surface area contributed by atoms with Gasteiger partial charge in [-0.3, -0.25) is 0 Å². The van der Waals surface area contributed by atoms with Crippen LogP contribution in [-0.4, -0.2) is 0 Å². The smallest absolute Gasteiger partial charge is 0.165 e. The molecule has 2 rings (SSSR count). The summed E-state index contributed by atoms with van der Waals surface area (Å²) in [5, 5.41) is 0. The molecule has 0 aliphatic heterocycles. The van der Waals surface area contributed by atoms with Crippen LogP contribution in [0.15, 0.2) is 12.1 Å². The summed E-state index contributed by atoms with van der Waals surface area (Å²) in [6, 6.07) is 2.88. The van der Waals surface area contributed by atoms with Crippen LogP contribution in [0, 0.1) is 5.92 Å². The van der Waals surface area contributed by atoms with Gasteiger partial charge in [0.1, 0.15) is 4.88 Å². The summed E-state index contributed by atoms with van der Waals surface area (Å²) in [6.45, 7) is 2.21. The zero-order chi connectivity index (χ0) is 11.8. The quantitative estimate of drug-likeness (QED) is 0.651. The molecule has 90 valence electrons. The molecule has 1 aromatic heterocycles. The highest BCUT2D eigenvalue weighted by Crippen LogP contribution is 2.42. The van der Waals surface area contributed by atoms with Crippen molar-refractivity contribution >= 4 is 11.3 Å². The molecule has 0 radical (unpaired) electrons.